The minimum absolute atomic E-state index is 0.112. The van der Waals surface area contributed by atoms with Crippen LogP contribution in [0, 0.1) is 0 Å². The summed E-state index contributed by atoms with van der Waals surface area (Å²) in [5.41, 5.74) is 2.22. The van der Waals surface area contributed by atoms with Gasteiger partial charge in [0.1, 0.15) is 11.5 Å². The molecule has 0 aliphatic rings. The molecule has 4 heteroatoms. The van der Waals surface area contributed by atoms with Gasteiger partial charge in [-0.1, -0.05) is 66.7 Å². The summed E-state index contributed by atoms with van der Waals surface area (Å²) in [6.45, 7) is 1.76. The fourth-order valence-electron chi connectivity index (χ4n) is 4.31. The second-order valence-corrected chi connectivity index (χ2v) is 8.10. The first-order valence-electron chi connectivity index (χ1n) is 10.9. The van der Waals surface area contributed by atoms with Crippen molar-refractivity contribution in [3.8, 4) is 11.5 Å². The monoisotopic (exact) mass is 419 g/mol. The Balaban J connectivity index is 1.78. The number of phenols is 1. The van der Waals surface area contributed by atoms with Crippen molar-refractivity contribution in [2.24, 2.45) is 0 Å². The molecule has 3 rings (SSSR count). The molecule has 0 amide bonds. The van der Waals surface area contributed by atoms with Crippen molar-refractivity contribution < 1.29 is 14.9 Å². The summed E-state index contributed by atoms with van der Waals surface area (Å²) in [4.78, 5) is 2.32. The summed E-state index contributed by atoms with van der Waals surface area (Å²) in [6, 6.07) is 25.6. The molecule has 0 radical (unpaired) electrons. The molecule has 31 heavy (non-hydrogen) atoms. The van der Waals surface area contributed by atoms with Crippen LogP contribution >= 0.6 is 0 Å². The number of ether oxygens (including phenoxy) is 1. The van der Waals surface area contributed by atoms with Crippen LogP contribution in [0.1, 0.15) is 29.5 Å². The van der Waals surface area contributed by atoms with E-state index in [0.717, 1.165) is 42.8 Å². The highest BCUT2D eigenvalue weighted by atomic mass is 16.5. The maximum absolute atomic E-state index is 10.7. The van der Waals surface area contributed by atoms with Gasteiger partial charge in [0.25, 0.3) is 0 Å². The van der Waals surface area contributed by atoms with Gasteiger partial charge in [0.15, 0.2) is 0 Å². The number of hydrogen-bond acceptors (Lipinski definition) is 4. The fraction of sp³-hybridized carbons (Fsp3) is 0.333. The second-order valence-electron chi connectivity index (χ2n) is 8.10. The van der Waals surface area contributed by atoms with Crippen LogP contribution in [0.2, 0.25) is 0 Å². The number of benzene rings is 3. The molecule has 1 atom stereocenters. The third-order valence-electron chi connectivity index (χ3n) is 6.08. The van der Waals surface area contributed by atoms with Gasteiger partial charge < -0.3 is 19.8 Å². The predicted octanol–water partition coefficient (Wildman–Crippen LogP) is 4.63. The van der Waals surface area contributed by atoms with Crippen LogP contribution in [0.3, 0.4) is 0 Å². The second kappa shape index (κ2) is 11.0. The lowest BCUT2D eigenvalue weighted by Gasteiger charge is -2.35. The first-order chi connectivity index (χ1) is 15.1. The molecule has 0 aliphatic carbocycles. The first-order valence-corrected chi connectivity index (χ1v) is 10.9. The van der Waals surface area contributed by atoms with E-state index in [2.05, 4.69) is 36.2 Å². The van der Waals surface area contributed by atoms with E-state index in [-0.39, 0.29) is 12.4 Å². The van der Waals surface area contributed by atoms with Crippen LogP contribution in [-0.4, -0.2) is 49.0 Å². The van der Waals surface area contributed by atoms with Crippen molar-refractivity contribution in [3.63, 3.8) is 0 Å². The number of hydrogen-bond donors (Lipinski definition) is 2. The molecule has 0 saturated carbocycles. The molecule has 4 nitrogen and oxygen atoms in total. The molecule has 0 aliphatic heterocycles. The molecule has 164 valence electrons. The van der Waals surface area contributed by atoms with Crippen LogP contribution in [0.25, 0.3) is 0 Å². The van der Waals surface area contributed by atoms with Gasteiger partial charge in [0, 0.05) is 17.7 Å². The number of nitrogens with zero attached hydrogens (tertiary/aromatic N) is 1. The Kier molecular flexibility index (Phi) is 8.10. The molecule has 2 N–H and O–H groups in total. The topological polar surface area (TPSA) is 52.9 Å². The molecular weight excluding hydrogens is 386 g/mol. The van der Waals surface area contributed by atoms with Crippen LogP contribution in [0.4, 0.5) is 0 Å². The average Bonchev–Trinajstić information content (AvgIpc) is 2.82. The lowest BCUT2D eigenvalue weighted by molar-refractivity contribution is 0.196. The largest absolute Gasteiger partial charge is 0.508 e. The summed E-state index contributed by atoms with van der Waals surface area (Å²) in [6.07, 6.45) is 2.57. The summed E-state index contributed by atoms with van der Waals surface area (Å²) >= 11 is 0. The van der Waals surface area contributed by atoms with Crippen molar-refractivity contribution in [2.45, 2.75) is 24.7 Å². The summed E-state index contributed by atoms with van der Waals surface area (Å²) in [7, 11) is 3.77. The highest BCUT2D eigenvalue weighted by Crippen LogP contribution is 2.44. The molecule has 1 unspecified atom stereocenters. The van der Waals surface area contributed by atoms with E-state index in [9.17, 15) is 10.2 Å². The molecule has 0 saturated heterocycles. The van der Waals surface area contributed by atoms with Gasteiger partial charge in [-0.15, -0.1) is 0 Å². The zero-order valence-corrected chi connectivity index (χ0v) is 18.5. The third kappa shape index (κ3) is 5.46. The van der Waals surface area contributed by atoms with Gasteiger partial charge in [-0.25, -0.2) is 0 Å². The van der Waals surface area contributed by atoms with E-state index in [4.69, 9.17) is 4.74 Å². The molecule has 0 fully saturated rings. The maximum Gasteiger partial charge on any atom is 0.123 e. The summed E-state index contributed by atoms with van der Waals surface area (Å²) in [5, 5.41) is 21.3. The molecular formula is C27H33NO3. The fourth-order valence-corrected chi connectivity index (χ4v) is 4.31. The quantitative estimate of drug-likeness (QED) is 0.476. The average molecular weight is 420 g/mol. The van der Waals surface area contributed by atoms with Crippen molar-refractivity contribution in [3.05, 3.63) is 95.6 Å². The number of aromatic hydroxyl groups is 1. The van der Waals surface area contributed by atoms with Crippen molar-refractivity contribution in [1.29, 1.82) is 0 Å². The zero-order valence-electron chi connectivity index (χ0n) is 18.5. The van der Waals surface area contributed by atoms with E-state index in [1.54, 1.807) is 19.2 Å². The van der Waals surface area contributed by atoms with E-state index in [1.165, 1.54) is 5.56 Å². The Morgan fingerprint density at radius 2 is 1.48 bits per heavy atom. The minimum atomic E-state index is -0.738. The molecule has 3 aromatic rings. The number of likely N-dealkylation sites (N-methyl/N-ethyl adjacent to an activating group) is 1. The molecule has 0 heterocycles. The van der Waals surface area contributed by atoms with Gasteiger partial charge >= 0.3 is 0 Å². The van der Waals surface area contributed by atoms with Crippen LogP contribution in [0.15, 0.2) is 78.9 Å². The van der Waals surface area contributed by atoms with Crippen molar-refractivity contribution in [1.82, 2.24) is 4.90 Å². The van der Waals surface area contributed by atoms with Gasteiger partial charge in [-0.3, -0.25) is 0 Å². The Morgan fingerprint density at radius 3 is 2.16 bits per heavy atom. The highest BCUT2D eigenvalue weighted by Gasteiger charge is 2.37. The van der Waals surface area contributed by atoms with E-state index < -0.39 is 5.41 Å². The number of aliphatic hydroxyl groups is 1. The molecule has 0 spiro atoms. The Morgan fingerprint density at radius 1 is 0.839 bits per heavy atom. The van der Waals surface area contributed by atoms with E-state index in [0.29, 0.717) is 6.42 Å². The van der Waals surface area contributed by atoms with E-state index >= 15 is 0 Å². The SMILES string of the molecule is COc1ccccc1C(CO)(CCCN(C)CCc1ccccc1)c1ccccc1O. The number of aliphatic hydroxyl groups excluding tert-OH is 1. The minimum Gasteiger partial charge on any atom is -0.508 e. The maximum atomic E-state index is 10.7. The zero-order chi connectivity index (χ0) is 22.1. The number of phenolic OH excluding ortho intramolecular Hbond substituents is 1. The summed E-state index contributed by atoms with van der Waals surface area (Å²) < 4.78 is 5.63. The van der Waals surface area contributed by atoms with Crippen LogP contribution in [-0.2, 0) is 11.8 Å². The van der Waals surface area contributed by atoms with Gasteiger partial charge in [-0.2, -0.15) is 0 Å². The van der Waals surface area contributed by atoms with Crippen LogP contribution in [0.5, 0.6) is 11.5 Å². The van der Waals surface area contributed by atoms with Crippen LogP contribution < -0.4 is 4.74 Å². The lowest BCUT2D eigenvalue weighted by Crippen LogP contribution is -2.34. The number of methoxy groups -OCH3 is 1. The van der Waals surface area contributed by atoms with E-state index in [1.807, 2.05) is 42.5 Å². The Hall–Kier alpha value is -2.82. The van der Waals surface area contributed by atoms with Crippen molar-refractivity contribution in [2.75, 3.05) is 33.9 Å². The van der Waals surface area contributed by atoms with Crippen molar-refractivity contribution >= 4 is 0 Å². The Bertz CT molecular complexity index is 944. The smallest absolute Gasteiger partial charge is 0.123 e. The Labute approximate surface area is 185 Å². The van der Waals surface area contributed by atoms with Gasteiger partial charge in [-0.05, 0) is 50.6 Å². The lowest BCUT2D eigenvalue weighted by atomic mass is 9.71. The van der Waals surface area contributed by atoms with Gasteiger partial charge in [0.2, 0.25) is 0 Å². The molecule has 0 bridgehead atoms. The third-order valence-corrected chi connectivity index (χ3v) is 6.08. The van der Waals surface area contributed by atoms with Gasteiger partial charge in [0.05, 0.1) is 19.1 Å². The molecule has 0 aromatic heterocycles. The highest BCUT2D eigenvalue weighted by molar-refractivity contribution is 5.51. The summed E-state index contributed by atoms with van der Waals surface area (Å²) in [5.74, 6) is 0.914. The number of rotatable bonds is 11. The standard InChI is InChI=1S/C27H33NO3/c1-28(20-17-22-11-4-3-5-12-22)19-10-18-27(21-29,23-13-6-8-15-25(23)30)24-14-7-9-16-26(24)31-2/h3-9,11-16,29-30H,10,17-21H2,1-2H3. The normalized spacial score (nSPS) is 13.2. The molecule has 3 aromatic carbocycles. The first kappa shape index (κ1) is 22.9. The predicted molar refractivity (Wildman–Crippen MR) is 126 cm³/mol. The number of para-hydroxylation sites is 2.